The van der Waals surface area contributed by atoms with Gasteiger partial charge in [-0.15, -0.1) is 0 Å². The summed E-state index contributed by atoms with van der Waals surface area (Å²) in [4.78, 5) is 1.61. The Balaban J connectivity index is 2.44. The van der Waals surface area contributed by atoms with Crippen LogP contribution in [-0.2, 0) is 10.9 Å². The summed E-state index contributed by atoms with van der Waals surface area (Å²) >= 11 is 0. The van der Waals surface area contributed by atoms with Crippen molar-refractivity contribution in [1.82, 2.24) is 0 Å². The van der Waals surface area contributed by atoms with Gasteiger partial charge in [-0.05, 0) is 12.1 Å². The Morgan fingerprint density at radius 2 is 2.00 bits per heavy atom. The number of hydrogen-bond donors (Lipinski definition) is 2. The lowest BCUT2D eigenvalue weighted by molar-refractivity contribution is -0.137. The van der Waals surface area contributed by atoms with Crippen LogP contribution < -0.4 is 16.0 Å². The predicted molar refractivity (Wildman–Crippen MR) is 73.0 cm³/mol. The molecule has 1 heterocycles. The Bertz CT molecular complexity index is 548. The molecule has 1 saturated heterocycles. The van der Waals surface area contributed by atoms with Crippen LogP contribution in [0.25, 0.3) is 0 Å². The van der Waals surface area contributed by atoms with Crippen LogP contribution in [0.4, 0.5) is 30.2 Å². The van der Waals surface area contributed by atoms with E-state index in [2.05, 4.69) is 5.32 Å². The largest absolute Gasteiger partial charge is 0.418 e. The number of nitrogens with one attached hydrogen (secondary N) is 1. The van der Waals surface area contributed by atoms with Gasteiger partial charge < -0.3 is 20.7 Å². The third-order valence-electron chi connectivity index (χ3n) is 3.18. The number of ether oxygens (including phenoxy) is 1. The van der Waals surface area contributed by atoms with Crippen LogP contribution in [0.3, 0.4) is 0 Å². The molecule has 0 bridgehead atoms. The van der Waals surface area contributed by atoms with Gasteiger partial charge in [0.25, 0.3) is 0 Å². The second-order valence-electron chi connectivity index (χ2n) is 4.57. The maximum absolute atomic E-state index is 13.2. The van der Waals surface area contributed by atoms with E-state index in [1.165, 1.54) is 6.07 Å². The molecule has 0 atom stereocenters. The van der Waals surface area contributed by atoms with E-state index in [1.807, 2.05) is 6.07 Å². The monoisotopic (exact) mass is 300 g/mol. The summed E-state index contributed by atoms with van der Waals surface area (Å²) < 4.78 is 44.7. The first kappa shape index (κ1) is 15.3. The van der Waals surface area contributed by atoms with Gasteiger partial charge in [0, 0.05) is 13.1 Å². The molecule has 0 amide bonds. The zero-order valence-electron chi connectivity index (χ0n) is 11.2. The van der Waals surface area contributed by atoms with E-state index in [-0.39, 0.29) is 17.9 Å². The highest BCUT2D eigenvalue weighted by Crippen LogP contribution is 2.40. The third-order valence-corrected chi connectivity index (χ3v) is 3.18. The summed E-state index contributed by atoms with van der Waals surface area (Å²) in [5, 5.41) is 11.3. The molecule has 1 fully saturated rings. The molecule has 0 unspecified atom stereocenters. The van der Waals surface area contributed by atoms with Gasteiger partial charge in [-0.25, -0.2) is 0 Å². The third kappa shape index (κ3) is 3.49. The minimum atomic E-state index is -4.49. The summed E-state index contributed by atoms with van der Waals surface area (Å²) in [6, 6.07) is 4.12. The average Bonchev–Trinajstić information content (AvgIpc) is 2.45. The Morgan fingerprint density at radius 1 is 1.33 bits per heavy atom. The Morgan fingerprint density at radius 3 is 2.57 bits per heavy atom. The molecule has 1 aromatic rings. The zero-order chi connectivity index (χ0) is 15.5. The van der Waals surface area contributed by atoms with Gasteiger partial charge in [-0.1, -0.05) is 0 Å². The number of nitrogens with zero attached hydrogens (tertiary/aromatic N) is 2. The number of anilines is 3. The van der Waals surface area contributed by atoms with Crippen molar-refractivity contribution in [2.75, 3.05) is 48.8 Å². The number of nitriles is 1. The van der Waals surface area contributed by atoms with E-state index in [9.17, 15) is 13.2 Å². The number of benzene rings is 1. The molecule has 0 aliphatic carbocycles. The molecule has 8 heteroatoms. The molecule has 0 saturated carbocycles. The summed E-state index contributed by atoms with van der Waals surface area (Å²) in [5.74, 6) is 0. The van der Waals surface area contributed by atoms with Crippen LogP contribution in [0.2, 0.25) is 0 Å². The highest BCUT2D eigenvalue weighted by atomic mass is 19.4. The van der Waals surface area contributed by atoms with E-state index in [0.717, 1.165) is 6.07 Å². The fraction of sp³-hybridized carbons (Fsp3) is 0.462. The highest BCUT2D eigenvalue weighted by Gasteiger charge is 2.36. The van der Waals surface area contributed by atoms with Crippen LogP contribution in [-0.4, -0.2) is 32.8 Å². The standard InChI is InChI=1S/C13H15F3N4O/c14-13(15,16)9-7-10(18)11(19-2-1-17)8-12(9)20-3-5-21-6-4-20/h7-8,19H,2-6,18H2. The molecular formula is C13H15F3N4O. The van der Waals surface area contributed by atoms with E-state index in [0.29, 0.717) is 32.0 Å². The number of morpholine rings is 1. The van der Waals surface area contributed by atoms with E-state index < -0.39 is 11.7 Å². The van der Waals surface area contributed by atoms with Crippen molar-refractivity contribution < 1.29 is 17.9 Å². The number of halogens is 3. The number of alkyl halides is 3. The van der Waals surface area contributed by atoms with Gasteiger partial charge in [0.2, 0.25) is 0 Å². The zero-order valence-corrected chi connectivity index (χ0v) is 11.2. The Labute approximate surface area is 120 Å². The van der Waals surface area contributed by atoms with E-state index in [4.69, 9.17) is 15.7 Å². The minimum absolute atomic E-state index is 0.0296. The quantitative estimate of drug-likeness (QED) is 0.660. The lowest BCUT2D eigenvalue weighted by Crippen LogP contribution is -2.37. The van der Waals surface area contributed by atoms with Gasteiger partial charge in [-0.3, -0.25) is 0 Å². The van der Waals surface area contributed by atoms with E-state index >= 15 is 0 Å². The summed E-state index contributed by atoms with van der Waals surface area (Å²) in [7, 11) is 0. The minimum Gasteiger partial charge on any atom is -0.397 e. The molecule has 21 heavy (non-hydrogen) atoms. The van der Waals surface area contributed by atoms with Crippen molar-refractivity contribution in [2.24, 2.45) is 0 Å². The fourth-order valence-electron chi connectivity index (χ4n) is 2.19. The van der Waals surface area contributed by atoms with Gasteiger partial charge in [0.1, 0.15) is 6.54 Å². The maximum Gasteiger partial charge on any atom is 0.418 e. The van der Waals surface area contributed by atoms with Gasteiger partial charge in [0.05, 0.1) is 41.9 Å². The molecular weight excluding hydrogens is 285 g/mol. The van der Waals surface area contributed by atoms with Crippen molar-refractivity contribution in [1.29, 1.82) is 5.26 Å². The molecule has 5 nitrogen and oxygen atoms in total. The molecule has 0 radical (unpaired) electrons. The molecule has 2 rings (SSSR count). The first-order chi connectivity index (χ1) is 9.93. The summed E-state index contributed by atoms with van der Waals surface area (Å²) in [6.45, 7) is 1.48. The number of nitrogens with two attached hydrogens (primary N) is 1. The summed E-state index contributed by atoms with van der Waals surface area (Å²) in [6.07, 6.45) is -4.49. The first-order valence-electron chi connectivity index (χ1n) is 6.37. The van der Waals surface area contributed by atoms with Crippen LogP contribution in [0, 0.1) is 11.3 Å². The van der Waals surface area contributed by atoms with Crippen molar-refractivity contribution in [2.45, 2.75) is 6.18 Å². The normalized spacial score (nSPS) is 15.6. The number of rotatable bonds is 3. The van der Waals surface area contributed by atoms with Crippen LogP contribution >= 0.6 is 0 Å². The Kier molecular flexibility index (Phi) is 4.43. The SMILES string of the molecule is N#CCNc1cc(N2CCOCC2)c(C(F)(F)F)cc1N. The molecule has 0 aromatic heterocycles. The molecule has 1 aliphatic heterocycles. The topological polar surface area (TPSA) is 74.3 Å². The first-order valence-corrected chi connectivity index (χ1v) is 6.37. The number of hydrogen-bond acceptors (Lipinski definition) is 5. The van der Waals surface area contributed by atoms with Crippen molar-refractivity contribution >= 4 is 17.1 Å². The molecule has 1 aromatic carbocycles. The number of nitrogen functional groups attached to an aromatic ring is 1. The van der Waals surface area contributed by atoms with Crippen molar-refractivity contribution in [3.8, 4) is 6.07 Å². The maximum atomic E-state index is 13.2. The second kappa shape index (κ2) is 6.10. The Hall–Kier alpha value is -2.14. The molecule has 1 aliphatic rings. The molecule has 0 spiro atoms. The molecule has 114 valence electrons. The van der Waals surface area contributed by atoms with Gasteiger partial charge in [0.15, 0.2) is 0 Å². The van der Waals surface area contributed by atoms with Crippen molar-refractivity contribution in [3.05, 3.63) is 17.7 Å². The second-order valence-corrected chi connectivity index (χ2v) is 4.57. The fourth-order valence-corrected chi connectivity index (χ4v) is 2.19. The highest BCUT2D eigenvalue weighted by molar-refractivity contribution is 5.76. The average molecular weight is 300 g/mol. The lowest BCUT2D eigenvalue weighted by atomic mass is 10.1. The predicted octanol–water partition coefficient (Wildman–Crippen LogP) is 2.06. The van der Waals surface area contributed by atoms with Gasteiger partial charge in [-0.2, -0.15) is 18.4 Å². The van der Waals surface area contributed by atoms with E-state index in [1.54, 1.807) is 4.90 Å². The summed E-state index contributed by atoms with van der Waals surface area (Å²) in [5.41, 5.74) is 5.22. The van der Waals surface area contributed by atoms with Crippen molar-refractivity contribution in [3.63, 3.8) is 0 Å². The van der Waals surface area contributed by atoms with Crippen LogP contribution in [0.5, 0.6) is 0 Å². The van der Waals surface area contributed by atoms with Crippen LogP contribution in [0.15, 0.2) is 12.1 Å². The smallest absolute Gasteiger partial charge is 0.397 e. The molecule has 3 N–H and O–H groups in total. The van der Waals surface area contributed by atoms with Crippen LogP contribution in [0.1, 0.15) is 5.56 Å². The van der Waals surface area contributed by atoms with Gasteiger partial charge >= 0.3 is 6.18 Å². The lowest BCUT2D eigenvalue weighted by Gasteiger charge is -2.31.